The molecule has 128 valence electrons. The molecule has 1 aliphatic rings. The van der Waals surface area contributed by atoms with E-state index in [1.54, 1.807) is 12.1 Å². The molecule has 2 aromatic carbocycles. The summed E-state index contributed by atoms with van der Waals surface area (Å²) in [6.45, 7) is 1.07. The molecule has 1 aliphatic heterocycles. The van der Waals surface area contributed by atoms with E-state index in [2.05, 4.69) is 37.2 Å². The lowest BCUT2D eigenvalue weighted by Crippen LogP contribution is -2.32. The summed E-state index contributed by atoms with van der Waals surface area (Å²) in [6.07, 6.45) is 3.78. The van der Waals surface area contributed by atoms with Gasteiger partial charge in [0.15, 0.2) is 5.78 Å². The van der Waals surface area contributed by atoms with Gasteiger partial charge in [-0.1, -0.05) is 67.2 Å². The molecule has 0 radical (unpaired) electrons. The topological polar surface area (TPSA) is 29.1 Å². The van der Waals surface area contributed by atoms with Crippen LogP contribution in [0.15, 0.2) is 56.5 Å². The van der Waals surface area contributed by atoms with E-state index in [1.807, 2.05) is 36.4 Å². The minimum atomic E-state index is 0.0439. The molecule has 0 atom stereocenters. The smallest absolute Gasteiger partial charge is 0.187 e. The van der Waals surface area contributed by atoms with Crippen molar-refractivity contribution in [2.45, 2.75) is 0 Å². The number of carbonyl (C=O) groups excluding carboxylic acids is 1. The van der Waals surface area contributed by atoms with E-state index in [0.717, 1.165) is 20.1 Å². The maximum atomic E-state index is 12.8. The van der Waals surface area contributed by atoms with Crippen molar-refractivity contribution in [3.63, 3.8) is 0 Å². The Morgan fingerprint density at radius 3 is 1.68 bits per heavy atom. The van der Waals surface area contributed by atoms with E-state index >= 15 is 0 Å². The van der Waals surface area contributed by atoms with Crippen molar-refractivity contribution in [2.24, 2.45) is 0 Å². The average Bonchev–Trinajstić information content (AvgIpc) is 2.56. The van der Waals surface area contributed by atoms with Crippen LogP contribution in [0.1, 0.15) is 11.1 Å². The second kappa shape index (κ2) is 8.19. The van der Waals surface area contributed by atoms with Crippen LogP contribution in [0, 0.1) is 0 Å². The Morgan fingerprint density at radius 1 is 0.840 bits per heavy atom. The zero-order valence-electron chi connectivity index (χ0n) is 13.0. The summed E-state index contributed by atoms with van der Waals surface area (Å²) in [5.41, 5.74) is 3.27. The van der Waals surface area contributed by atoms with Gasteiger partial charge in [-0.05, 0) is 47.5 Å². The Bertz CT molecular complexity index is 835. The number of piperidine rings is 1. The highest BCUT2D eigenvalue weighted by Crippen LogP contribution is 2.27. The van der Waals surface area contributed by atoms with E-state index in [0.29, 0.717) is 34.3 Å². The fraction of sp³-hybridized carbons (Fsp3) is 0.105. The predicted octanol–water partition coefficient (Wildman–Crippen LogP) is 6.16. The van der Waals surface area contributed by atoms with Gasteiger partial charge in [-0.25, -0.2) is 0 Å². The number of Topliss-reactive ketones (excluding diaryl/α,β-unsaturated/α-hetero) is 1. The molecule has 0 aromatic heterocycles. The fourth-order valence-corrected chi connectivity index (χ4v) is 4.14. The van der Waals surface area contributed by atoms with Gasteiger partial charge in [0, 0.05) is 43.2 Å². The zero-order chi connectivity index (χ0) is 18.0. The second-order valence-corrected chi connectivity index (χ2v) is 8.19. The molecule has 0 unspecified atom stereocenters. The lowest BCUT2D eigenvalue weighted by Gasteiger charge is -2.18. The summed E-state index contributed by atoms with van der Waals surface area (Å²) in [6, 6.07) is 11.0. The first-order valence-electron chi connectivity index (χ1n) is 7.51. The number of halogens is 4. The predicted molar refractivity (Wildman–Crippen MR) is 112 cm³/mol. The number of ketones is 1. The van der Waals surface area contributed by atoms with Crippen LogP contribution in [-0.2, 0) is 4.79 Å². The Morgan fingerprint density at radius 2 is 1.28 bits per heavy atom. The maximum absolute atomic E-state index is 12.8. The molecule has 25 heavy (non-hydrogen) atoms. The van der Waals surface area contributed by atoms with Gasteiger partial charge in [0.05, 0.1) is 0 Å². The Balaban J connectivity index is 1.93. The summed E-state index contributed by atoms with van der Waals surface area (Å²) in [5, 5.41) is 4.57. The van der Waals surface area contributed by atoms with Crippen LogP contribution >= 0.6 is 55.1 Å². The van der Waals surface area contributed by atoms with Crippen molar-refractivity contribution in [3.05, 3.63) is 77.7 Å². The quantitative estimate of drug-likeness (QED) is 0.499. The Kier molecular flexibility index (Phi) is 6.18. The standard InChI is InChI=1S/C19H13Br2Cl2NO/c20-17-7-15(22)3-1-11(17)5-13-9-24-10-14(19(13)25)6-12-2-4-16(23)8-18(12)21/h1-8,24H,9-10H2. The number of benzene rings is 2. The van der Waals surface area contributed by atoms with Crippen molar-refractivity contribution < 1.29 is 4.79 Å². The summed E-state index contributed by atoms with van der Waals surface area (Å²) in [5.74, 6) is 0.0439. The van der Waals surface area contributed by atoms with Gasteiger partial charge in [0.1, 0.15) is 0 Å². The van der Waals surface area contributed by atoms with Gasteiger partial charge in [-0.2, -0.15) is 0 Å². The molecule has 3 rings (SSSR count). The molecule has 0 bridgehead atoms. The van der Waals surface area contributed by atoms with E-state index in [4.69, 9.17) is 23.2 Å². The third kappa shape index (κ3) is 4.63. The van der Waals surface area contributed by atoms with Crippen molar-refractivity contribution in [1.82, 2.24) is 5.32 Å². The average molecular weight is 502 g/mol. The number of hydrogen-bond acceptors (Lipinski definition) is 2. The van der Waals surface area contributed by atoms with Gasteiger partial charge in [0.25, 0.3) is 0 Å². The lowest BCUT2D eigenvalue weighted by atomic mass is 9.95. The number of rotatable bonds is 2. The van der Waals surface area contributed by atoms with Crippen LogP contribution in [0.25, 0.3) is 12.2 Å². The van der Waals surface area contributed by atoms with Gasteiger partial charge >= 0.3 is 0 Å². The summed E-state index contributed by atoms with van der Waals surface area (Å²) in [7, 11) is 0. The number of carbonyl (C=O) groups is 1. The van der Waals surface area contributed by atoms with Crippen LogP contribution < -0.4 is 5.32 Å². The minimum Gasteiger partial charge on any atom is -0.308 e. The van der Waals surface area contributed by atoms with Crippen molar-refractivity contribution in [1.29, 1.82) is 0 Å². The minimum absolute atomic E-state index is 0.0439. The highest BCUT2D eigenvalue weighted by atomic mass is 79.9. The van der Waals surface area contributed by atoms with Gasteiger partial charge in [-0.3, -0.25) is 4.79 Å². The Hall–Kier alpha value is -0.910. The second-order valence-electron chi connectivity index (χ2n) is 5.60. The fourth-order valence-electron chi connectivity index (χ4n) is 2.54. The van der Waals surface area contributed by atoms with Crippen molar-refractivity contribution in [2.75, 3.05) is 13.1 Å². The first-order valence-corrected chi connectivity index (χ1v) is 9.85. The molecule has 1 heterocycles. The monoisotopic (exact) mass is 499 g/mol. The van der Waals surface area contributed by atoms with Gasteiger partial charge in [0.2, 0.25) is 0 Å². The molecule has 1 saturated heterocycles. The van der Waals surface area contributed by atoms with Gasteiger partial charge < -0.3 is 5.32 Å². The molecular weight excluding hydrogens is 489 g/mol. The molecular formula is C19H13Br2Cl2NO. The lowest BCUT2D eigenvalue weighted by molar-refractivity contribution is -0.112. The van der Waals surface area contributed by atoms with E-state index in [1.165, 1.54) is 0 Å². The van der Waals surface area contributed by atoms with Crippen LogP contribution in [0.4, 0.5) is 0 Å². The molecule has 2 aromatic rings. The first kappa shape index (κ1) is 18.9. The maximum Gasteiger partial charge on any atom is 0.187 e. The third-order valence-electron chi connectivity index (χ3n) is 3.80. The Labute approximate surface area is 173 Å². The molecule has 0 spiro atoms. The van der Waals surface area contributed by atoms with Crippen LogP contribution in [0.3, 0.4) is 0 Å². The zero-order valence-corrected chi connectivity index (χ0v) is 17.6. The molecule has 6 heteroatoms. The van der Waals surface area contributed by atoms with Gasteiger partial charge in [-0.15, -0.1) is 0 Å². The molecule has 2 nitrogen and oxygen atoms in total. The molecule has 1 fully saturated rings. The third-order valence-corrected chi connectivity index (χ3v) is 5.64. The van der Waals surface area contributed by atoms with Crippen LogP contribution in [0.5, 0.6) is 0 Å². The van der Waals surface area contributed by atoms with Crippen LogP contribution in [-0.4, -0.2) is 18.9 Å². The molecule has 0 aliphatic carbocycles. The SMILES string of the molecule is O=C1C(=Cc2ccc(Cl)cc2Br)CNCC1=Cc1ccc(Cl)cc1Br. The molecule has 0 saturated carbocycles. The largest absolute Gasteiger partial charge is 0.308 e. The molecule has 1 N–H and O–H groups in total. The normalized spacial score (nSPS) is 18.2. The number of nitrogens with one attached hydrogen (secondary N) is 1. The highest BCUT2D eigenvalue weighted by molar-refractivity contribution is 9.10. The van der Waals surface area contributed by atoms with E-state index in [-0.39, 0.29) is 5.78 Å². The molecule has 0 amide bonds. The number of hydrogen-bond donors (Lipinski definition) is 1. The van der Waals surface area contributed by atoms with Crippen LogP contribution in [0.2, 0.25) is 10.0 Å². The van der Waals surface area contributed by atoms with Crippen molar-refractivity contribution in [3.8, 4) is 0 Å². The summed E-state index contributed by atoms with van der Waals surface area (Å²) < 4.78 is 1.72. The highest BCUT2D eigenvalue weighted by Gasteiger charge is 2.20. The van der Waals surface area contributed by atoms with E-state index < -0.39 is 0 Å². The summed E-state index contributed by atoms with van der Waals surface area (Å²) >= 11 is 18.9. The van der Waals surface area contributed by atoms with E-state index in [9.17, 15) is 4.79 Å². The first-order chi connectivity index (χ1) is 11.9. The van der Waals surface area contributed by atoms with Crippen molar-refractivity contribution >= 4 is 73.0 Å². The summed E-state index contributed by atoms with van der Waals surface area (Å²) in [4.78, 5) is 12.8.